The number of hydrogen-bond donors (Lipinski definition) is 5. The third kappa shape index (κ3) is 3.74. The van der Waals surface area contributed by atoms with Crippen LogP contribution >= 0.6 is 0 Å². The SMILES string of the molecule is O=[N+]([O-])c1cc(N[C@@H]2OC[C@H](O)[C@H](O)[C@@H]2O)ccc1S(=O)(=O)O. The van der Waals surface area contributed by atoms with Gasteiger partial charge in [-0.25, -0.2) is 0 Å². The van der Waals surface area contributed by atoms with Crippen molar-refractivity contribution < 1.29 is 38.0 Å². The second-order valence-electron chi connectivity index (χ2n) is 4.86. The van der Waals surface area contributed by atoms with Crippen molar-refractivity contribution in [1.29, 1.82) is 0 Å². The first-order valence-electron chi connectivity index (χ1n) is 6.29. The number of nitro groups is 1. The van der Waals surface area contributed by atoms with Gasteiger partial charge in [0, 0.05) is 11.8 Å². The topological polar surface area (TPSA) is 179 Å². The summed E-state index contributed by atoms with van der Waals surface area (Å²) in [6, 6.07) is 2.76. The largest absolute Gasteiger partial charge is 0.388 e. The van der Waals surface area contributed by atoms with Crippen LogP contribution in [0.25, 0.3) is 0 Å². The summed E-state index contributed by atoms with van der Waals surface area (Å²) in [6.45, 7) is -0.277. The summed E-state index contributed by atoms with van der Waals surface area (Å²) >= 11 is 0. The fourth-order valence-electron chi connectivity index (χ4n) is 2.07. The lowest BCUT2D eigenvalue weighted by atomic mass is 10.0. The van der Waals surface area contributed by atoms with E-state index in [0.717, 1.165) is 18.2 Å². The van der Waals surface area contributed by atoms with Gasteiger partial charge in [0.1, 0.15) is 18.3 Å². The van der Waals surface area contributed by atoms with Crippen LogP contribution in [0.15, 0.2) is 23.1 Å². The highest BCUT2D eigenvalue weighted by atomic mass is 32.2. The molecule has 2 rings (SSSR count). The molecule has 1 aromatic rings. The fraction of sp³-hybridized carbons (Fsp3) is 0.455. The minimum atomic E-state index is -4.78. The molecule has 0 amide bonds. The number of nitro benzene ring substituents is 1. The third-order valence-corrected chi connectivity index (χ3v) is 4.14. The zero-order valence-corrected chi connectivity index (χ0v) is 12.3. The lowest BCUT2D eigenvalue weighted by Crippen LogP contribution is -2.55. The molecule has 0 unspecified atom stereocenters. The third-order valence-electron chi connectivity index (χ3n) is 3.24. The van der Waals surface area contributed by atoms with Crippen LogP contribution < -0.4 is 5.32 Å². The summed E-state index contributed by atoms with van der Waals surface area (Å²) in [7, 11) is -4.78. The van der Waals surface area contributed by atoms with Crippen molar-refractivity contribution in [3.8, 4) is 0 Å². The number of benzene rings is 1. The first-order valence-corrected chi connectivity index (χ1v) is 7.73. The predicted molar refractivity (Wildman–Crippen MR) is 74.3 cm³/mol. The number of rotatable bonds is 4. The van der Waals surface area contributed by atoms with E-state index in [1.807, 2.05) is 0 Å². The Labute approximate surface area is 130 Å². The first-order chi connectivity index (χ1) is 10.6. The van der Waals surface area contributed by atoms with Crippen molar-refractivity contribution in [3.63, 3.8) is 0 Å². The monoisotopic (exact) mass is 350 g/mol. The quantitative estimate of drug-likeness (QED) is 0.248. The van der Waals surface area contributed by atoms with Crippen molar-refractivity contribution in [2.24, 2.45) is 0 Å². The van der Waals surface area contributed by atoms with Gasteiger partial charge in [-0.3, -0.25) is 14.7 Å². The molecule has 0 radical (unpaired) electrons. The summed E-state index contributed by atoms with van der Waals surface area (Å²) < 4.78 is 36.2. The van der Waals surface area contributed by atoms with E-state index < -0.39 is 50.2 Å². The molecule has 0 bridgehead atoms. The zero-order chi connectivity index (χ0) is 17.4. The maximum atomic E-state index is 11.1. The molecule has 1 aromatic carbocycles. The van der Waals surface area contributed by atoms with Crippen molar-refractivity contribution in [2.45, 2.75) is 29.4 Å². The predicted octanol–water partition coefficient (Wildman–Crippen LogP) is -1.31. The molecule has 5 N–H and O–H groups in total. The van der Waals surface area contributed by atoms with E-state index in [4.69, 9.17) is 9.29 Å². The summed E-state index contributed by atoms with van der Waals surface area (Å²) in [6.07, 6.45) is -5.45. The molecule has 0 aromatic heterocycles. The lowest BCUT2D eigenvalue weighted by Gasteiger charge is -2.35. The average Bonchev–Trinajstić information content (AvgIpc) is 2.46. The highest BCUT2D eigenvalue weighted by Crippen LogP contribution is 2.28. The van der Waals surface area contributed by atoms with Gasteiger partial charge >= 0.3 is 10.1 Å². The van der Waals surface area contributed by atoms with Gasteiger partial charge < -0.3 is 25.4 Å². The Morgan fingerprint density at radius 2 is 1.91 bits per heavy atom. The van der Waals surface area contributed by atoms with E-state index in [0.29, 0.717) is 0 Å². The van der Waals surface area contributed by atoms with Crippen LogP contribution in [0.2, 0.25) is 0 Å². The summed E-state index contributed by atoms with van der Waals surface area (Å²) in [5.74, 6) is 0. The van der Waals surface area contributed by atoms with Crippen LogP contribution in [-0.2, 0) is 14.9 Å². The van der Waals surface area contributed by atoms with E-state index in [1.54, 1.807) is 0 Å². The molecule has 4 atom stereocenters. The molecule has 1 heterocycles. The summed E-state index contributed by atoms with van der Waals surface area (Å²) in [5.41, 5.74) is -0.861. The van der Waals surface area contributed by atoms with Gasteiger partial charge in [0.05, 0.1) is 11.5 Å². The van der Waals surface area contributed by atoms with Crippen molar-refractivity contribution in [2.75, 3.05) is 11.9 Å². The van der Waals surface area contributed by atoms with E-state index in [1.165, 1.54) is 0 Å². The maximum absolute atomic E-state index is 11.1. The Kier molecular flexibility index (Phi) is 4.84. The van der Waals surface area contributed by atoms with Crippen LogP contribution in [0.4, 0.5) is 11.4 Å². The number of aliphatic hydroxyl groups is 3. The van der Waals surface area contributed by atoms with Crippen molar-refractivity contribution in [3.05, 3.63) is 28.3 Å². The van der Waals surface area contributed by atoms with E-state index in [-0.39, 0.29) is 12.3 Å². The van der Waals surface area contributed by atoms with Crippen LogP contribution in [-0.4, -0.2) is 64.4 Å². The van der Waals surface area contributed by atoms with Gasteiger partial charge in [0.15, 0.2) is 11.1 Å². The number of ether oxygens (including phenoxy) is 1. The molecule has 23 heavy (non-hydrogen) atoms. The summed E-state index contributed by atoms with van der Waals surface area (Å²) in [5, 5.41) is 42.1. The summed E-state index contributed by atoms with van der Waals surface area (Å²) in [4.78, 5) is 9.04. The first kappa shape index (κ1) is 17.5. The van der Waals surface area contributed by atoms with Crippen LogP contribution in [0, 0.1) is 10.1 Å². The van der Waals surface area contributed by atoms with Gasteiger partial charge in [-0.15, -0.1) is 0 Å². The molecule has 0 saturated carbocycles. The second kappa shape index (κ2) is 6.35. The molecule has 0 spiro atoms. The van der Waals surface area contributed by atoms with Gasteiger partial charge in [-0.2, -0.15) is 8.42 Å². The second-order valence-corrected chi connectivity index (χ2v) is 6.25. The Morgan fingerprint density at radius 1 is 1.26 bits per heavy atom. The van der Waals surface area contributed by atoms with Crippen molar-refractivity contribution >= 4 is 21.5 Å². The molecule has 12 heteroatoms. The van der Waals surface area contributed by atoms with Crippen molar-refractivity contribution in [1.82, 2.24) is 0 Å². The molecule has 0 aliphatic carbocycles. The molecule has 1 aliphatic rings. The fourth-order valence-corrected chi connectivity index (χ4v) is 2.70. The van der Waals surface area contributed by atoms with Gasteiger partial charge in [0.25, 0.3) is 5.69 Å². The highest BCUT2D eigenvalue weighted by molar-refractivity contribution is 7.86. The van der Waals surface area contributed by atoms with Gasteiger partial charge in [0.2, 0.25) is 0 Å². The van der Waals surface area contributed by atoms with Crippen LogP contribution in [0.5, 0.6) is 0 Å². The number of nitrogens with zero attached hydrogens (tertiary/aromatic N) is 1. The standard InChI is InChI=1S/C11H14N2O9S/c14-7-4-22-11(10(16)9(7)15)12-5-1-2-8(23(19,20)21)6(3-5)13(17)18/h1-3,7,9-12,14-16H,4H2,(H,19,20,21)/t7-,9-,10-,11+/m0/s1. The van der Waals surface area contributed by atoms with Gasteiger partial charge in [-0.1, -0.05) is 0 Å². The average molecular weight is 350 g/mol. The number of aliphatic hydroxyl groups excluding tert-OH is 3. The van der Waals surface area contributed by atoms with Gasteiger partial charge in [-0.05, 0) is 12.1 Å². The minimum Gasteiger partial charge on any atom is -0.388 e. The zero-order valence-electron chi connectivity index (χ0n) is 11.4. The Bertz CT molecular complexity index is 707. The van der Waals surface area contributed by atoms with Crippen LogP contribution in [0.1, 0.15) is 0 Å². The number of hydrogen-bond acceptors (Lipinski definition) is 9. The molecule has 1 saturated heterocycles. The smallest absolute Gasteiger partial charge is 0.301 e. The van der Waals surface area contributed by atoms with Crippen LogP contribution in [0.3, 0.4) is 0 Å². The highest BCUT2D eigenvalue weighted by Gasteiger charge is 2.37. The Hall–Kier alpha value is -1.83. The Morgan fingerprint density at radius 3 is 2.48 bits per heavy atom. The normalized spacial score (nSPS) is 28.3. The van der Waals surface area contributed by atoms with E-state index >= 15 is 0 Å². The number of nitrogens with one attached hydrogen (secondary N) is 1. The van der Waals surface area contributed by atoms with E-state index in [2.05, 4.69) is 5.32 Å². The maximum Gasteiger partial charge on any atom is 0.301 e. The van der Waals surface area contributed by atoms with E-state index in [9.17, 15) is 33.9 Å². The molecular weight excluding hydrogens is 336 g/mol. The molecular formula is C11H14N2O9S. The molecule has 1 fully saturated rings. The molecule has 1 aliphatic heterocycles. The minimum absolute atomic E-state index is 0.0109. The molecule has 128 valence electrons. The molecule has 11 nitrogen and oxygen atoms in total. The Balaban J connectivity index is 2.28. The lowest BCUT2D eigenvalue weighted by molar-refractivity contribution is -0.387. The number of anilines is 1.